The number of furan rings is 1. The Morgan fingerprint density at radius 3 is 2.80 bits per heavy atom. The van der Waals surface area contributed by atoms with Gasteiger partial charge in [0.05, 0.1) is 0 Å². The molecule has 2 rings (SSSR count). The van der Waals surface area contributed by atoms with Crippen LogP contribution in [0.4, 0.5) is 0 Å². The van der Waals surface area contributed by atoms with Crippen molar-refractivity contribution in [2.45, 2.75) is 26.7 Å². The average Bonchev–Trinajstić information content (AvgIpc) is 2.61. The van der Waals surface area contributed by atoms with Gasteiger partial charge >= 0.3 is 0 Å². The third-order valence-electron chi connectivity index (χ3n) is 2.47. The molecule has 0 unspecified atom stereocenters. The summed E-state index contributed by atoms with van der Waals surface area (Å²) in [6, 6.07) is 7.90. The molecule has 0 aliphatic heterocycles. The number of rotatable bonds is 3. The Morgan fingerprint density at radius 1 is 1.33 bits per heavy atom. The lowest BCUT2D eigenvalue weighted by Gasteiger charge is -1.96. The van der Waals surface area contributed by atoms with Crippen molar-refractivity contribution < 1.29 is 9.21 Å². The molecule has 0 bridgehead atoms. The molecule has 1 aromatic heterocycles. The quantitative estimate of drug-likeness (QED) is 0.712. The standard InChI is InChI=1S/C13H14O2/c1-3-4-10-5-6-12-11(7-10)8-13(15-12)9(2)14/h5-8H,3-4H2,1-2H3. The maximum absolute atomic E-state index is 11.1. The molecule has 0 aliphatic rings. The van der Waals surface area contributed by atoms with E-state index in [9.17, 15) is 4.79 Å². The third-order valence-corrected chi connectivity index (χ3v) is 2.47. The maximum Gasteiger partial charge on any atom is 0.194 e. The summed E-state index contributed by atoms with van der Waals surface area (Å²) in [5, 5.41) is 1.02. The zero-order chi connectivity index (χ0) is 10.8. The van der Waals surface area contributed by atoms with Crippen LogP contribution in [0.2, 0.25) is 0 Å². The number of carbonyl (C=O) groups excluding carboxylic acids is 1. The first-order chi connectivity index (χ1) is 7.20. The second kappa shape index (κ2) is 3.89. The Kier molecular flexibility index (Phi) is 2.58. The lowest BCUT2D eigenvalue weighted by Crippen LogP contribution is -1.85. The average molecular weight is 202 g/mol. The maximum atomic E-state index is 11.1. The van der Waals surface area contributed by atoms with Crippen molar-refractivity contribution >= 4 is 16.8 Å². The van der Waals surface area contributed by atoms with Gasteiger partial charge in [0.2, 0.25) is 0 Å². The molecule has 0 spiro atoms. The van der Waals surface area contributed by atoms with Crippen molar-refractivity contribution in [3.05, 3.63) is 35.6 Å². The third kappa shape index (κ3) is 1.94. The molecule has 78 valence electrons. The minimum atomic E-state index is -0.0248. The molecule has 0 saturated heterocycles. The molecule has 0 fully saturated rings. The van der Waals surface area contributed by atoms with Crippen LogP contribution in [0.1, 0.15) is 36.4 Å². The lowest BCUT2D eigenvalue weighted by molar-refractivity contribution is 0.0989. The molecule has 1 aromatic carbocycles. The van der Waals surface area contributed by atoms with E-state index in [1.807, 2.05) is 12.1 Å². The fourth-order valence-electron chi connectivity index (χ4n) is 1.71. The number of fused-ring (bicyclic) bond motifs is 1. The van der Waals surface area contributed by atoms with Crippen LogP contribution in [-0.2, 0) is 6.42 Å². The van der Waals surface area contributed by atoms with E-state index in [-0.39, 0.29) is 5.78 Å². The zero-order valence-electron chi connectivity index (χ0n) is 9.04. The highest BCUT2D eigenvalue weighted by molar-refractivity contribution is 5.96. The van der Waals surface area contributed by atoms with E-state index in [1.165, 1.54) is 12.5 Å². The van der Waals surface area contributed by atoms with Crippen LogP contribution in [0.15, 0.2) is 28.7 Å². The molecular weight excluding hydrogens is 188 g/mol. The van der Waals surface area contributed by atoms with Crippen LogP contribution >= 0.6 is 0 Å². The molecule has 0 atom stereocenters. The molecule has 0 aliphatic carbocycles. The minimum Gasteiger partial charge on any atom is -0.453 e. The van der Waals surface area contributed by atoms with Gasteiger partial charge in [-0.05, 0) is 30.2 Å². The zero-order valence-corrected chi connectivity index (χ0v) is 9.04. The van der Waals surface area contributed by atoms with Crippen molar-refractivity contribution in [2.75, 3.05) is 0 Å². The Hall–Kier alpha value is -1.57. The minimum absolute atomic E-state index is 0.0248. The topological polar surface area (TPSA) is 30.2 Å². The van der Waals surface area contributed by atoms with Crippen LogP contribution < -0.4 is 0 Å². The highest BCUT2D eigenvalue weighted by Crippen LogP contribution is 2.21. The smallest absolute Gasteiger partial charge is 0.194 e. The van der Waals surface area contributed by atoms with Crippen molar-refractivity contribution in [1.29, 1.82) is 0 Å². The van der Waals surface area contributed by atoms with Crippen LogP contribution in [0.3, 0.4) is 0 Å². The van der Waals surface area contributed by atoms with E-state index in [0.717, 1.165) is 23.8 Å². The Balaban J connectivity index is 2.47. The van der Waals surface area contributed by atoms with Crippen LogP contribution in [0.25, 0.3) is 11.0 Å². The van der Waals surface area contributed by atoms with Gasteiger partial charge in [-0.3, -0.25) is 4.79 Å². The van der Waals surface area contributed by atoms with Gasteiger partial charge in [0, 0.05) is 12.3 Å². The van der Waals surface area contributed by atoms with Gasteiger partial charge in [-0.25, -0.2) is 0 Å². The molecule has 15 heavy (non-hydrogen) atoms. The predicted octanol–water partition coefficient (Wildman–Crippen LogP) is 3.59. The summed E-state index contributed by atoms with van der Waals surface area (Å²) in [7, 11) is 0. The molecule has 0 amide bonds. The van der Waals surface area contributed by atoms with Crippen LogP contribution in [0.5, 0.6) is 0 Å². The van der Waals surface area contributed by atoms with Crippen LogP contribution in [0, 0.1) is 0 Å². The highest BCUT2D eigenvalue weighted by Gasteiger charge is 2.07. The number of benzene rings is 1. The summed E-state index contributed by atoms with van der Waals surface area (Å²) in [4.78, 5) is 11.1. The largest absolute Gasteiger partial charge is 0.453 e. The van der Waals surface area contributed by atoms with Gasteiger partial charge in [0.1, 0.15) is 5.58 Å². The van der Waals surface area contributed by atoms with E-state index < -0.39 is 0 Å². The van der Waals surface area contributed by atoms with E-state index in [4.69, 9.17) is 4.42 Å². The number of hydrogen-bond donors (Lipinski definition) is 0. The Labute approximate surface area is 88.9 Å². The fourth-order valence-corrected chi connectivity index (χ4v) is 1.71. The number of aryl methyl sites for hydroxylation is 1. The van der Waals surface area contributed by atoms with Gasteiger partial charge in [0.25, 0.3) is 0 Å². The van der Waals surface area contributed by atoms with Gasteiger partial charge in [-0.1, -0.05) is 19.4 Å². The Morgan fingerprint density at radius 2 is 2.13 bits per heavy atom. The summed E-state index contributed by atoms with van der Waals surface area (Å²) in [5.41, 5.74) is 2.08. The first-order valence-electron chi connectivity index (χ1n) is 5.24. The SMILES string of the molecule is CCCc1ccc2oc(C(C)=O)cc2c1. The van der Waals surface area contributed by atoms with Crippen molar-refractivity contribution in [3.8, 4) is 0 Å². The van der Waals surface area contributed by atoms with Gasteiger partial charge < -0.3 is 4.42 Å². The van der Waals surface area contributed by atoms with Gasteiger partial charge in [-0.2, -0.15) is 0 Å². The molecule has 2 nitrogen and oxygen atoms in total. The first kappa shape index (κ1) is 9.97. The normalized spacial score (nSPS) is 10.8. The number of ketones is 1. The summed E-state index contributed by atoms with van der Waals surface area (Å²) in [5.74, 6) is 0.418. The molecule has 2 heteroatoms. The molecular formula is C13H14O2. The summed E-state index contributed by atoms with van der Waals surface area (Å²) >= 11 is 0. The first-order valence-corrected chi connectivity index (χ1v) is 5.24. The van der Waals surface area contributed by atoms with Crippen LogP contribution in [-0.4, -0.2) is 5.78 Å². The van der Waals surface area contributed by atoms with Gasteiger partial charge in [0.15, 0.2) is 11.5 Å². The summed E-state index contributed by atoms with van der Waals surface area (Å²) < 4.78 is 5.41. The Bertz CT molecular complexity index is 494. The second-order valence-corrected chi connectivity index (χ2v) is 3.79. The van der Waals surface area contributed by atoms with E-state index in [1.54, 1.807) is 0 Å². The van der Waals surface area contributed by atoms with Gasteiger partial charge in [-0.15, -0.1) is 0 Å². The summed E-state index contributed by atoms with van der Waals surface area (Å²) in [6.45, 7) is 3.67. The highest BCUT2D eigenvalue weighted by atomic mass is 16.3. The van der Waals surface area contributed by atoms with E-state index in [0.29, 0.717) is 5.76 Å². The number of hydrogen-bond acceptors (Lipinski definition) is 2. The van der Waals surface area contributed by atoms with Crippen molar-refractivity contribution in [3.63, 3.8) is 0 Å². The predicted molar refractivity (Wildman–Crippen MR) is 60.2 cm³/mol. The van der Waals surface area contributed by atoms with Crippen molar-refractivity contribution in [1.82, 2.24) is 0 Å². The molecule has 0 saturated carbocycles. The molecule has 0 radical (unpaired) electrons. The molecule has 2 aromatic rings. The molecule has 0 N–H and O–H groups in total. The summed E-state index contributed by atoms with van der Waals surface area (Å²) in [6.07, 6.45) is 2.19. The van der Waals surface area contributed by atoms with E-state index >= 15 is 0 Å². The number of Topliss-reactive ketones (excluding diaryl/α,β-unsaturated/α-hetero) is 1. The monoisotopic (exact) mass is 202 g/mol. The second-order valence-electron chi connectivity index (χ2n) is 3.79. The lowest BCUT2D eigenvalue weighted by atomic mass is 10.1. The van der Waals surface area contributed by atoms with Crippen molar-refractivity contribution in [2.24, 2.45) is 0 Å². The van der Waals surface area contributed by atoms with E-state index in [2.05, 4.69) is 19.1 Å². The molecule has 1 heterocycles. The fraction of sp³-hybridized carbons (Fsp3) is 0.308. The number of carbonyl (C=O) groups is 1.